The summed E-state index contributed by atoms with van der Waals surface area (Å²) in [5, 5.41) is 0.365. The van der Waals surface area contributed by atoms with E-state index in [9.17, 15) is 18.0 Å². The number of methoxy groups -OCH3 is 1. The fourth-order valence-corrected chi connectivity index (χ4v) is 8.80. The van der Waals surface area contributed by atoms with Crippen molar-refractivity contribution in [3.05, 3.63) is 58.7 Å². The number of carbonyl (C=O) groups excluding carboxylic acids is 2. The summed E-state index contributed by atoms with van der Waals surface area (Å²) in [6.45, 7) is 8.35. The SMILES string of the molecule is CCC(C)S(=O)(=O)NC(=O)c1ccc2c(C3CCCCC3)c3n(c2c1)CC(C(=O)N1CCCC1CN(C)CC)=Cc1cc(OC)ccc1-3. The van der Waals surface area contributed by atoms with Crippen molar-refractivity contribution in [2.75, 3.05) is 33.8 Å². The molecule has 6 rings (SSSR count). The van der Waals surface area contributed by atoms with Crippen LogP contribution in [0.4, 0.5) is 0 Å². The topological polar surface area (TPSA) is 101 Å². The van der Waals surface area contributed by atoms with E-state index in [-0.39, 0.29) is 17.5 Å². The van der Waals surface area contributed by atoms with Crippen LogP contribution in [0.1, 0.15) is 99.5 Å². The van der Waals surface area contributed by atoms with Crippen LogP contribution < -0.4 is 9.46 Å². The number of fused-ring (bicyclic) bond motifs is 5. The van der Waals surface area contributed by atoms with Gasteiger partial charge in [0.2, 0.25) is 10.0 Å². The van der Waals surface area contributed by atoms with Crippen LogP contribution in [0.2, 0.25) is 0 Å². The monoisotopic (exact) mass is 674 g/mol. The van der Waals surface area contributed by atoms with Crippen LogP contribution in [0.3, 0.4) is 0 Å². The van der Waals surface area contributed by atoms with Crippen molar-refractivity contribution < 1.29 is 22.7 Å². The summed E-state index contributed by atoms with van der Waals surface area (Å²) in [5.41, 5.74) is 6.10. The van der Waals surface area contributed by atoms with E-state index in [1.165, 1.54) is 12.0 Å². The number of nitrogens with one attached hydrogen (secondary N) is 1. The Morgan fingerprint density at radius 1 is 1.04 bits per heavy atom. The molecule has 3 aromatic rings. The summed E-state index contributed by atoms with van der Waals surface area (Å²) in [7, 11) is -0.0622. The maximum atomic E-state index is 14.5. The van der Waals surface area contributed by atoms with Crippen molar-refractivity contribution in [2.45, 2.75) is 95.9 Å². The van der Waals surface area contributed by atoms with Crippen LogP contribution in [0.25, 0.3) is 28.2 Å². The van der Waals surface area contributed by atoms with E-state index in [0.29, 0.717) is 24.5 Å². The van der Waals surface area contributed by atoms with E-state index in [1.54, 1.807) is 27.0 Å². The van der Waals surface area contributed by atoms with Gasteiger partial charge in [0.05, 0.1) is 24.6 Å². The number of rotatable bonds is 10. The molecule has 2 amide bonds. The van der Waals surface area contributed by atoms with Gasteiger partial charge in [-0.05, 0) is 106 Å². The summed E-state index contributed by atoms with van der Waals surface area (Å²) in [6.07, 6.45) is 10.1. The number of benzene rings is 2. The normalized spacial score (nSPS) is 19.1. The molecule has 2 unspecified atom stereocenters. The van der Waals surface area contributed by atoms with Crippen molar-refractivity contribution in [1.82, 2.24) is 19.1 Å². The van der Waals surface area contributed by atoms with Crippen LogP contribution in [-0.2, 0) is 21.4 Å². The molecule has 258 valence electrons. The molecule has 0 spiro atoms. The minimum Gasteiger partial charge on any atom is -0.497 e. The molecule has 1 saturated heterocycles. The first-order valence-corrected chi connectivity index (χ1v) is 19.2. The van der Waals surface area contributed by atoms with E-state index >= 15 is 0 Å². The fourth-order valence-electron chi connectivity index (χ4n) is 7.79. The summed E-state index contributed by atoms with van der Waals surface area (Å²) < 4.78 is 35.9. The molecule has 0 radical (unpaired) electrons. The second-order valence-electron chi connectivity index (χ2n) is 13.9. The van der Waals surface area contributed by atoms with Crippen molar-refractivity contribution in [1.29, 1.82) is 0 Å². The number of sulfonamides is 1. The van der Waals surface area contributed by atoms with Gasteiger partial charge in [-0.15, -0.1) is 0 Å². The minimum atomic E-state index is -3.82. The number of aromatic nitrogens is 1. The lowest BCUT2D eigenvalue weighted by atomic mass is 9.81. The van der Waals surface area contributed by atoms with Gasteiger partial charge in [0.25, 0.3) is 11.8 Å². The highest BCUT2D eigenvalue weighted by Gasteiger charge is 2.35. The van der Waals surface area contributed by atoms with Crippen LogP contribution in [0, 0.1) is 0 Å². The molecule has 9 nitrogen and oxygen atoms in total. The van der Waals surface area contributed by atoms with Crippen LogP contribution in [0.15, 0.2) is 42.0 Å². The smallest absolute Gasteiger partial charge is 0.264 e. The lowest BCUT2D eigenvalue weighted by Crippen LogP contribution is -2.43. The summed E-state index contributed by atoms with van der Waals surface area (Å²) >= 11 is 0. The quantitative estimate of drug-likeness (QED) is 0.262. The van der Waals surface area contributed by atoms with Crippen molar-refractivity contribution in [3.8, 4) is 17.0 Å². The van der Waals surface area contributed by atoms with E-state index in [2.05, 4.69) is 39.1 Å². The average molecular weight is 675 g/mol. The zero-order chi connectivity index (χ0) is 34.2. The Labute approximate surface area is 285 Å². The molecule has 48 heavy (non-hydrogen) atoms. The lowest BCUT2D eigenvalue weighted by Gasteiger charge is -2.29. The van der Waals surface area contributed by atoms with Gasteiger partial charge in [0.15, 0.2) is 0 Å². The van der Waals surface area contributed by atoms with Gasteiger partial charge in [0.1, 0.15) is 5.75 Å². The number of amides is 2. The Hall–Kier alpha value is -3.63. The van der Waals surface area contributed by atoms with Gasteiger partial charge < -0.3 is 19.1 Å². The van der Waals surface area contributed by atoms with Gasteiger partial charge in [-0.1, -0.05) is 39.2 Å². The molecule has 2 fully saturated rings. The largest absolute Gasteiger partial charge is 0.497 e. The Bertz CT molecular complexity index is 1840. The van der Waals surface area contributed by atoms with Gasteiger partial charge in [-0.2, -0.15) is 0 Å². The highest BCUT2D eigenvalue weighted by Crippen LogP contribution is 2.47. The number of ether oxygens (including phenoxy) is 1. The van der Waals surface area contributed by atoms with Gasteiger partial charge >= 0.3 is 0 Å². The Morgan fingerprint density at radius 3 is 2.52 bits per heavy atom. The third kappa shape index (κ3) is 6.53. The third-order valence-electron chi connectivity index (χ3n) is 10.9. The van der Waals surface area contributed by atoms with Crippen molar-refractivity contribution >= 4 is 38.8 Å². The number of hydrogen-bond acceptors (Lipinski definition) is 6. The number of carbonyl (C=O) groups is 2. The molecule has 1 N–H and O–H groups in total. The van der Waals surface area contributed by atoms with E-state index in [0.717, 1.165) is 91.6 Å². The maximum absolute atomic E-state index is 14.5. The van der Waals surface area contributed by atoms with E-state index in [1.807, 2.05) is 30.3 Å². The van der Waals surface area contributed by atoms with Gasteiger partial charge in [-0.3, -0.25) is 9.59 Å². The second-order valence-corrected chi connectivity index (χ2v) is 16.0. The summed E-state index contributed by atoms with van der Waals surface area (Å²) in [6, 6.07) is 11.8. The predicted octanol–water partition coefficient (Wildman–Crippen LogP) is 6.56. The second kappa shape index (κ2) is 14.1. The maximum Gasteiger partial charge on any atom is 0.264 e. The lowest BCUT2D eigenvalue weighted by molar-refractivity contribution is -0.128. The summed E-state index contributed by atoms with van der Waals surface area (Å²) in [4.78, 5) is 32.3. The molecule has 1 aliphatic carbocycles. The first kappa shape index (κ1) is 34.2. The molecule has 1 aromatic heterocycles. The molecule has 0 bridgehead atoms. The zero-order valence-corrected chi connectivity index (χ0v) is 29.9. The average Bonchev–Trinajstić information content (AvgIpc) is 3.64. The Morgan fingerprint density at radius 2 is 1.81 bits per heavy atom. The molecule has 2 aromatic carbocycles. The Balaban J connectivity index is 1.52. The molecule has 1 saturated carbocycles. The van der Waals surface area contributed by atoms with Crippen LogP contribution in [0.5, 0.6) is 5.75 Å². The van der Waals surface area contributed by atoms with Crippen LogP contribution in [-0.4, -0.2) is 79.7 Å². The number of likely N-dealkylation sites (tertiary alicyclic amines) is 1. The molecule has 10 heteroatoms. The van der Waals surface area contributed by atoms with Crippen molar-refractivity contribution in [2.24, 2.45) is 0 Å². The zero-order valence-electron chi connectivity index (χ0n) is 29.0. The molecule has 3 heterocycles. The molecular formula is C38H50N4O5S. The fraction of sp³-hybridized carbons (Fsp3) is 0.526. The number of likely N-dealkylation sites (N-methyl/N-ethyl adjacent to an activating group) is 1. The minimum absolute atomic E-state index is 0.0400. The summed E-state index contributed by atoms with van der Waals surface area (Å²) in [5.74, 6) is 0.462. The number of hydrogen-bond donors (Lipinski definition) is 1. The van der Waals surface area contributed by atoms with Crippen molar-refractivity contribution in [3.63, 3.8) is 0 Å². The van der Waals surface area contributed by atoms with Crippen LogP contribution >= 0.6 is 0 Å². The molecule has 2 aliphatic heterocycles. The standard InChI is InChI=1S/C38H50N4O5S/c1-6-25(3)48(45,46)39-37(43)27-15-17-33-34(22-27)42-23-29(38(44)41-19-11-14-30(41)24-40(4)7-2)20-28-21-31(47-5)16-18-32(28)36(42)35(33)26-12-9-8-10-13-26/h15-18,20-22,25-26,30H,6-14,19,23-24H2,1-5H3,(H,39,43). The van der Waals surface area contributed by atoms with Gasteiger partial charge in [-0.25, -0.2) is 13.1 Å². The third-order valence-corrected chi connectivity index (χ3v) is 12.7. The first-order chi connectivity index (χ1) is 23.1. The van der Waals surface area contributed by atoms with Gasteiger partial charge in [0, 0.05) is 46.7 Å². The molecule has 3 aliphatic rings. The molecular weight excluding hydrogens is 625 g/mol. The highest BCUT2D eigenvalue weighted by molar-refractivity contribution is 7.90. The number of nitrogens with zero attached hydrogens (tertiary/aromatic N) is 3. The Kier molecular flexibility index (Phi) is 10.0. The first-order valence-electron chi connectivity index (χ1n) is 17.7. The predicted molar refractivity (Wildman–Crippen MR) is 192 cm³/mol. The van der Waals surface area contributed by atoms with E-state index < -0.39 is 21.2 Å². The molecule has 2 atom stereocenters. The highest BCUT2D eigenvalue weighted by atomic mass is 32.2. The van der Waals surface area contributed by atoms with E-state index in [4.69, 9.17) is 4.74 Å².